The lowest BCUT2D eigenvalue weighted by Gasteiger charge is -2.02. The van der Waals surface area contributed by atoms with E-state index >= 15 is 0 Å². The molecule has 0 bridgehead atoms. The van der Waals surface area contributed by atoms with Crippen molar-refractivity contribution in [3.8, 4) is 11.1 Å². The molecule has 4 heteroatoms. The second kappa shape index (κ2) is 3.82. The van der Waals surface area contributed by atoms with Crippen LogP contribution in [0, 0.1) is 6.92 Å². The van der Waals surface area contributed by atoms with E-state index in [0.29, 0.717) is 5.82 Å². The molecular weight excluding hydrogens is 230 g/mol. The molecule has 3 aromatic rings. The van der Waals surface area contributed by atoms with Crippen LogP contribution < -0.4 is 5.73 Å². The Balaban J connectivity index is 2.40. The fourth-order valence-corrected chi connectivity index (χ4v) is 3.04. The summed E-state index contributed by atoms with van der Waals surface area (Å²) in [5.74, 6) is 0.554. The highest BCUT2D eigenvalue weighted by Gasteiger charge is 2.14. The van der Waals surface area contributed by atoms with Gasteiger partial charge in [0.25, 0.3) is 0 Å². The van der Waals surface area contributed by atoms with Gasteiger partial charge in [-0.1, -0.05) is 30.3 Å². The van der Waals surface area contributed by atoms with Crippen LogP contribution in [0.15, 0.2) is 36.7 Å². The van der Waals surface area contributed by atoms with Crippen molar-refractivity contribution in [3.63, 3.8) is 0 Å². The summed E-state index contributed by atoms with van der Waals surface area (Å²) in [6, 6.07) is 10.2. The van der Waals surface area contributed by atoms with Gasteiger partial charge in [0.1, 0.15) is 17.0 Å². The van der Waals surface area contributed by atoms with Crippen molar-refractivity contribution in [2.75, 3.05) is 5.73 Å². The highest BCUT2D eigenvalue weighted by Crippen LogP contribution is 2.39. The Labute approximate surface area is 103 Å². The summed E-state index contributed by atoms with van der Waals surface area (Å²) in [6.45, 7) is 2.09. The molecule has 3 nitrogen and oxygen atoms in total. The maximum atomic E-state index is 5.96. The predicted molar refractivity (Wildman–Crippen MR) is 72.0 cm³/mol. The third kappa shape index (κ3) is 1.57. The standard InChI is InChI=1S/C13H11N3S/c1-8-10(9-5-3-2-4-6-9)11-12(14)15-7-16-13(11)17-8/h2-7H,1H3,(H2,14,15,16). The summed E-state index contributed by atoms with van der Waals surface area (Å²) >= 11 is 1.66. The van der Waals surface area contributed by atoms with Crippen LogP contribution in [0.5, 0.6) is 0 Å². The molecule has 0 aliphatic rings. The second-order valence-corrected chi connectivity index (χ2v) is 5.04. The quantitative estimate of drug-likeness (QED) is 0.711. The minimum atomic E-state index is 0.554. The summed E-state index contributed by atoms with van der Waals surface area (Å²) in [7, 11) is 0. The van der Waals surface area contributed by atoms with E-state index in [9.17, 15) is 0 Å². The molecule has 0 amide bonds. The number of hydrogen-bond acceptors (Lipinski definition) is 4. The Morgan fingerprint density at radius 2 is 1.88 bits per heavy atom. The maximum Gasteiger partial charge on any atom is 0.136 e. The van der Waals surface area contributed by atoms with Gasteiger partial charge in [0.2, 0.25) is 0 Å². The number of rotatable bonds is 1. The van der Waals surface area contributed by atoms with Crippen molar-refractivity contribution in [2.24, 2.45) is 0 Å². The molecule has 0 fully saturated rings. The minimum absolute atomic E-state index is 0.554. The van der Waals surface area contributed by atoms with Crippen LogP contribution in [0.3, 0.4) is 0 Å². The van der Waals surface area contributed by atoms with E-state index in [1.54, 1.807) is 11.3 Å². The Bertz CT molecular complexity index is 674. The van der Waals surface area contributed by atoms with Gasteiger partial charge in [-0.15, -0.1) is 11.3 Å². The number of aryl methyl sites for hydroxylation is 1. The van der Waals surface area contributed by atoms with Crippen molar-refractivity contribution in [1.29, 1.82) is 0 Å². The van der Waals surface area contributed by atoms with Gasteiger partial charge in [-0.05, 0) is 12.5 Å². The molecule has 0 unspecified atom stereocenters. The normalized spacial score (nSPS) is 10.9. The second-order valence-electron chi connectivity index (χ2n) is 3.84. The molecule has 3 rings (SSSR count). The van der Waals surface area contributed by atoms with Gasteiger partial charge in [-0.2, -0.15) is 0 Å². The van der Waals surface area contributed by atoms with Gasteiger partial charge in [0.15, 0.2) is 0 Å². The molecule has 0 spiro atoms. The molecule has 0 saturated carbocycles. The van der Waals surface area contributed by atoms with Gasteiger partial charge >= 0.3 is 0 Å². The monoisotopic (exact) mass is 241 g/mol. The molecule has 0 aliphatic heterocycles. The van der Waals surface area contributed by atoms with Crippen molar-refractivity contribution in [3.05, 3.63) is 41.5 Å². The highest BCUT2D eigenvalue weighted by atomic mass is 32.1. The fourth-order valence-electron chi connectivity index (χ4n) is 2.02. The Kier molecular flexibility index (Phi) is 2.30. The zero-order valence-electron chi connectivity index (χ0n) is 9.34. The van der Waals surface area contributed by atoms with Crippen molar-refractivity contribution in [1.82, 2.24) is 9.97 Å². The predicted octanol–water partition coefficient (Wildman–Crippen LogP) is 3.25. The molecule has 0 aliphatic carbocycles. The smallest absolute Gasteiger partial charge is 0.136 e. The molecule has 17 heavy (non-hydrogen) atoms. The molecular formula is C13H11N3S. The molecule has 84 valence electrons. The van der Waals surface area contributed by atoms with E-state index in [4.69, 9.17) is 5.73 Å². The number of nitrogen functional groups attached to an aromatic ring is 1. The van der Waals surface area contributed by atoms with Gasteiger partial charge in [0.05, 0.1) is 5.39 Å². The first-order valence-corrected chi connectivity index (χ1v) is 6.14. The van der Waals surface area contributed by atoms with Crippen LogP contribution >= 0.6 is 11.3 Å². The Morgan fingerprint density at radius 3 is 2.65 bits per heavy atom. The lowest BCUT2D eigenvalue weighted by Crippen LogP contribution is -1.92. The van der Waals surface area contributed by atoms with E-state index in [-0.39, 0.29) is 0 Å². The number of hydrogen-bond donors (Lipinski definition) is 1. The summed E-state index contributed by atoms with van der Waals surface area (Å²) in [5.41, 5.74) is 8.28. The summed E-state index contributed by atoms with van der Waals surface area (Å²) in [6.07, 6.45) is 1.52. The molecule has 2 N–H and O–H groups in total. The largest absolute Gasteiger partial charge is 0.383 e. The van der Waals surface area contributed by atoms with Gasteiger partial charge in [-0.25, -0.2) is 9.97 Å². The average molecular weight is 241 g/mol. The number of benzene rings is 1. The first-order chi connectivity index (χ1) is 8.27. The number of anilines is 1. The minimum Gasteiger partial charge on any atom is -0.383 e. The first kappa shape index (κ1) is 10.2. The van der Waals surface area contributed by atoms with Gasteiger partial charge in [0, 0.05) is 10.4 Å². The van der Waals surface area contributed by atoms with E-state index in [1.165, 1.54) is 11.2 Å². The number of aromatic nitrogens is 2. The summed E-state index contributed by atoms with van der Waals surface area (Å²) < 4.78 is 0. The third-order valence-electron chi connectivity index (χ3n) is 2.76. The van der Waals surface area contributed by atoms with Crippen LogP contribution in [0.2, 0.25) is 0 Å². The van der Waals surface area contributed by atoms with E-state index in [0.717, 1.165) is 21.3 Å². The molecule has 0 saturated heterocycles. The number of thiophene rings is 1. The fraction of sp³-hybridized carbons (Fsp3) is 0.0769. The lowest BCUT2D eigenvalue weighted by molar-refractivity contribution is 1.24. The maximum absolute atomic E-state index is 5.96. The summed E-state index contributed by atoms with van der Waals surface area (Å²) in [5, 5.41) is 0.973. The van der Waals surface area contributed by atoms with Crippen molar-refractivity contribution < 1.29 is 0 Å². The van der Waals surface area contributed by atoms with Crippen LogP contribution in [0.1, 0.15) is 4.88 Å². The van der Waals surface area contributed by atoms with Crippen LogP contribution in [-0.2, 0) is 0 Å². The van der Waals surface area contributed by atoms with Crippen LogP contribution in [-0.4, -0.2) is 9.97 Å². The first-order valence-electron chi connectivity index (χ1n) is 5.32. The number of nitrogens with two attached hydrogens (primary N) is 1. The summed E-state index contributed by atoms with van der Waals surface area (Å²) in [4.78, 5) is 10.5. The van der Waals surface area contributed by atoms with Gasteiger partial charge < -0.3 is 5.73 Å². The topological polar surface area (TPSA) is 51.8 Å². The highest BCUT2D eigenvalue weighted by molar-refractivity contribution is 7.19. The van der Waals surface area contributed by atoms with Crippen LogP contribution in [0.25, 0.3) is 21.3 Å². The Hall–Kier alpha value is -1.94. The number of nitrogens with zero attached hydrogens (tertiary/aromatic N) is 2. The average Bonchev–Trinajstić information content (AvgIpc) is 2.68. The zero-order chi connectivity index (χ0) is 11.8. The zero-order valence-corrected chi connectivity index (χ0v) is 10.2. The number of fused-ring (bicyclic) bond motifs is 1. The molecule has 0 atom stereocenters. The van der Waals surface area contributed by atoms with Crippen molar-refractivity contribution >= 4 is 27.4 Å². The molecule has 0 radical (unpaired) electrons. The molecule has 2 heterocycles. The van der Waals surface area contributed by atoms with Crippen LogP contribution in [0.4, 0.5) is 5.82 Å². The Morgan fingerprint density at radius 1 is 1.12 bits per heavy atom. The van der Waals surface area contributed by atoms with Crippen molar-refractivity contribution in [2.45, 2.75) is 6.92 Å². The van der Waals surface area contributed by atoms with E-state index in [1.807, 2.05) is 18.2 Å². The van der Waals surface area contributed by atoms with E-state index < -0.39 is 0 Å². The van der Waals surface area contributed by atoms with E-state index in [2.05, 4.69) is 29.0 Å². The third-order valence-corrected chi connectivity index (χ3v) is 3.77. The lowest BCUT2D eigenvalue weighted by atomic mass is 10.0. The van der Waals surface area contributed by atoms with Gasteiger partial charge in [-0.3, -0.25) is 0 Å². The molecule has 2 aromatic heterocycles. The SMILES string of the molecule is Cc1sc2ncnc(N)c2c1-c1ccccc1. The molecule has 1 aromatic carbocycles.